The quantitative estimate of drug-likeness (QED) is 0.860. The summed E-state index contributed by atoms with van der Waals surface area (Å²) in [6.07, 6.45) is 0. The molecule has 0 heterocycles. The fourth-order valence-corrected chi connectivity index (χ4v) is 1.49. The summed E-state index contributed by atoms with van der Waals surface area (Å²) < 4.78 is 0. The van der Waals surface area contributed by atoms with Gasteiger partial charge in [0.2, 0.25) is 11.3 Å². The summed E-state index contributed by atoms with van der Waals surface area (Å²) in [7, 11) is 0. The zero-order valence-electron chi connectivity index (χ0n) is 11.0. The first kappa shape index (κ1) is 17.4. The summed E-state index contributed by atoms with van der Waals surface area (Å²) in [6, 6.07) is 5.47. The third-order valence-corrected chi connectivity index (χ3v) is 2.63. The second kappa shape index (κ2) is 8.50. The maximum absolute atomic E-state index is 11.7. The monoisotopic (exact) mass is 286 g/mol. The van der Waals surface area contributed by atoms with E-state index in [-0.39, 0.29) is 24.1 Å². The van der Waals surface area contributed by atoms with Crippen LogP contribution in [-0.4, -0.2) is 35.5 Å². The molecule has 0 radical (unpaired) electrons. The molecule has 0 bridgehead atoms. The predicted octanol–water partition coefficient (Wildman–Crippen LogP) is 1.45. The van der Waals surface area contributed by atoms with Crippen LogP contribution >= 0.6 is 12.4 Å². The van der Waals surface area contributed by atoms with E-state index in [0.29, 0.717) is 12.2 Å². The van der Waals surface area contributed by atoms with Gasteiger partial charge in [0.15, 0.2) is 5.75 Å². The number of carbonyl (C=O) groups excluding carboxylic acids is 1. The van der Waals surface area contributed by atoms with E-state index in [1.165, 1.54) is 24.3 Å². The summed E-state index contributed by atoms with van der Waals surface area (Å²) in [5.41, 5.74) is 0.0174. The van der Waals surface area contributed by atoms with Gasteiger partial charge < -0.3 is 10.4 Å². The number of halogens is 1. The molecule has 0 aliphatic rings. The first-order chi connectivity index (χ1) is 8.56. The van der Waals surface area contributed by atoms with Gasteiger partial charge in [-0.2, -0.15) is 0 Å². The normalized spacial score (nSPS) is 9.84. The van der Waals surface area contributed by atoms with Crippen molar-refractivity contribution < 1.29 is 9.90 Å². The lowest BCUT2D eigenvalue weighted by molar-refractivity contribution is -0.117. The Morgan fingerprint density at radius 2 is 1.79 bits per heavy atom. The molecule has 6 heteroatoms. The van der Waals surface area contributed by atoms with Crippen molar-refractivity contribution in [1.82, 2.24) is 4.90 Å². The molecular weight excluding hydrogens is 268 g/mol. The van der Waals surface area contributed by atoms with Crippen LogP contribution in [0.1, 0.15) is 13.8 Å². The molecule has 19 heavy (non-hydrogen) atoms. The molecule has 1 aromatic carbocycles. The lowest BCUT2D eigenvalue weighted by atomic mass is 10.4. The summed E-state index contributed by atoms with van der Waals surface area (Å²) in [5, 5.41) is 11.9. The Bertz CT molecular complexity index is 476. The Labute approximate surface area is 118 Å². The van der Waals surface area contributed by atoms with E-state index in [2.05, 4.69) is 5.32 Å². The number of anilines is 1. The van der Waals surface area contributed by atoms with Gasteiger partial charge in [0, 0.05) is 5.69 Å². The van der Waals surface area contributed by atoms with Crippen LogP contribution in [0.4, 0.5) is 5.69 Å². The van der Waals surface area contributed by atoms with Crippen molar-refractivity contribution in [3.8, 4) is 5.75 Å². The number of aromatic hydroxyl groups is 1. The molecule has 1 aromatic rings. The van der Waals surface area contributed by atoms with E-state index in [9.17, 15) is 14.7 Å². The Morgan fingerprint density at radius 1 is 1.21 bits per heavy atom. The number of nitrogens with one attached hydrogen (secondary N) is 1. The molecule has 0 spiro atoms. The first-order valence-electron chi connectivity index (χ1n) is 5.92. The number of likely N-dealkylation sites (N-methyl/N-ethyl adjacent to an activating group) is 1. The van der Waals surface area contributed by atoms with Crippen LogP contribution in [0.3, 0.4) is 0 Å². The maximum Gasteiger partial charge on any atom is 0.238 e. The van der Waals surface area contributed by atoms with Crippen molar-refractivity contribution in [1.29, 1.82) is 0 Å². The lowest BCUT2D eigenvalue weighted by Gasteiger charge is -2.16. The standard InChI is InChI=1S/C13H18N2O3.ClH/c1-3-15(4-2)9-13(18)14-10-5-7-11(16)12(17)8-6-10;/h5-8H,3-4,9H2,1-2H3,(H,14,18)(H,16,17);1H. The van der Waals surface area contributed by atoms with Gasteiger partial charge in [0.1, 0.15) is 0 Å². The molecule has 1 amide bonds. The van der Waals surface area contributed by atoms with Gasteiger partial charge in [-0.25, -0.2) is 0 Å². The third-order valence-electron chi connectivity index (χ3n) is 2.63. The van der Waals surface area contributed by atoms with Crippen LogP contribution in [0.15, 0.2) is 29.1 Å². The summed E-state index contributed by atoms with van der Waals surface area (Å²) in [6.45, 7) is 5.89. The highest BCUT2D eigenvalue weighted by molar-refractivity contribution is 5.92. The second-order valence-corrected chi connectivity index (χ2v) is 3.88. The average Bonchev–Trinajstić information content (AvgIpc) is 2.51. The van der Waals surface area contributed by atoms with Crippen molar-refractivity contribution in [2.75, 3.05) is 25.0 Å². The highest BCUT2D eigenvalue weighted by Crippen LogP contribution is 2.07. The maximum atomic E-state index is 11.7. The Hall–Kier alpha value is -1.59. The minimum Gasteiger partial charge on any atom is -0.504 e. The summed E-state index contributed by atoms with van der Waals surface area (Å²) in [4.78, 5) is 24.9. The molecule has 0 atom stereocenters. The molecular formula is C13H19ClN2O3. The molecule has 0 unspecified atom stereocenters. The van der Waals surface area contributed by atoms with Gasteiger partial charge in [-0.15, -0.1) is 12.4 Å². The minimum atomic E-state index is -0.473. The SMILES string of the molecule is CCN(CC)CC(=O)Nc1ccc(O)c(=O)cc1.Cl. The van der Waals surface area contributed by atoms with Gasteiger partial charge in [0.05, 0.1) is 6.54 Å². The van der Waals surface area contributed by atoms with Crippen molar-refractivity contribution >= 4 is 24.0 Å². The van der Waals surface area contributed by atoms with Gasteiger partial charge in [0.25, 0.3) is 0 Å². The van der Waals surface area contributed by atoms with Gasteiger partial charge in [-0.05, 0) is 37.4 Å². The van der Waals surface area contributed by atoms with Crippen LogP contribution in [0, 0.1) is 0 Å². The van der Waals surface area contributed by atoms with Crippen molar-refractivity contribution in [2.24, 2.45) is 0 Å². The topological polar surface area (TPSA) is 69.6 Å². The highest BCUT2D eigenvalue weighted by atomic mass is 35.5. The van der Waals surface area contributed by atoms with Crippen LogP contribution in [0.25, 0.3) is 0 Å². The molecule has 0 aromatic heterocycles. The molecule has 0 saturated heterocycles. The number of hydrogen-bond donors (Lipinski definition) is 2. The fraction of sp³-hybridized carbons (Fsp3) is 0.385. The Kier molecular flexibility index (Phi) is 7.79. The number of hydrogen-bond acceptors (Lipinski definition) is 4. The van der Waals surface area contributed by atoms with Crippen LogP contribution < -0.4 is 10.7 Å². The van der Waals surface area contributed by atoms with Crippen LogP contribution in [0.5, 0.6) is 5.75 Å². The zero-order valence-corrected chi connectivity index (χ0v) is 11.9. The molecule has 0 fully saturated rings. The number of amides is 1. The van der Waals surface area contributed by atoms with E-state index < -0.39 is 5.43 Å². The molecule has 0 aliphatic heterocycles. The molecule has 2 N–H and O–H groups in total. The van der Waals surface area contributed by atoms with Crippen molar-refractivity contribution in [3.05, 3.63) is 34.5 Å². The van der Waals surface area contributed by atoms with E-state index >= 15 is 0 Å². The third kappa shape index (κ3) is 5.72. The summed E-state index contributed by atoms with van der Waals surface area (Å²) >= 11 is 0. The molecule has 0 saturated carbocycles. The average molecular weight is 287 g/mol. The number of nitrogens with zero attached hydrogens (tertiary/aromatic N) is 1. The molecule has 1 rings (SSSR count). The van der Waals surface area contributed by atoms with Gasteiger partial charge >= 0.3 is 0 Å². The van der Waals surface area contributed by atoms with E-state index in [1.54, 1.807) is 0 Å². The largest absolute Gasteiger partial charge is 0.504 e. The molecule has 0 aliphatic carbocycles. The Morgan fingerprint density at radius 3 is 2.37 bits per heavy atom. The lowest BCUT2D eigenvalue weighted by Crippen LogP contribution is -2.32. The summed E-state index contributed by atoms with van der Waals surface area (Å²) in [5.74, 6) is -0.476. The van der Waals surface area contributed by atoms with E-state index in [1.807, 2.05) is 18.7 Å². The van der Waals surface area contributed by atoms with E-state index in [4.69, 9.17) is 0 Å². The van der Waals surface area contributed by atoms with Gasteiger partial charge in [-0.1, -0.05) is 13.8 Å². The number of carbonyl (C=O) groups is 1. The smallest absolute Gasteiger partial charge is 0.238 e. The molecule has 106 valence electrons. The van der Waals surface area contributed by atoms with E-state index in [0.717, 1.165) is 13.1 Å². The minimum absolute atomic E-state index is 0. The highest BCUT2D eigenvalue weighted by Gasteiger charge is 2.07. The van der Waals surface area contributed by atoms with Crippen LogP contribution in [0.2, 0.25) is 0 Å². The second-order valence-electron chi connectivity index (χ2n) is 3.88. The van der Waals surface area contributed by atoms with Crippen molar-refractivity contribution in [2.45, 2.75) is 13.8 Å². The number of rotatable bonds is 5. The van der Waals surface area contributed by atoms with Crippen LogP contribution in [-0.2, 0) is 4.79 Å². The zero-order chi connectivity index (χ0) is 13.5. The van der Waals surface area contributed by atoms with Crippen molar-refractivity contribution in [3.63, 3.8) is 0 Å². The predicted molar refractivity (Wildman–Crippen MR) is 78.0 cm³/mol. The van der Waals surface area contributed by atoms with Gasteiger partial charge in [-0.3, -0.25) is 14.5 Å². The fourth-order valence-electron chi connectivity index (χ4n) is 1.49. The Balaban J connectivity index is 0.00000324. The molecule has 5 nitrogen and oxygen atoms in total. The first-order valence-corrected chi connectivity index (χ1v) is 5.92.